The molecule has 1 rings (SSSR count). The lowest BCUT2D eigenvalue weighted by Crippen LogP contribution is -2.13. The number of aliphatic hydroxyl groups is 1. The van der Waals surface area contributed by atoms with Crippen molar-refractivity contribution in [1.29, 1.82) is 0 Å². The molecule has 0 aliphatic carbocycles. The van der Waals surface area contributed by atoms with Crippen LogP contribution in [0.2, 0.25) is 0 Å². The van der Waals surface area contributed by atoms with Gasteiger partial charge in [0.2, 0.25) is 5.91 Å². The van der Waals surface area contributed by atoms with E-state index in [2.05, 4.69) is 5.32 Å². The number of hydrogen-bond acceptors (Lipinski definition) is 4. The largest absolute Gasteiger partial charge is 0.396 e. The third kappa shape index (κ3) is 3.83. The summed E-state index contributed by atoms with van der Waals surface area (Å²) >= 11 is 0. The summed E-state index contributed by atoms with van der Waals surface area (Å²) in [5.74, 6) is -0.262. The summed E-state index contributed by atoms with van der Waals surface area (Å²) in [6, 6.07) is 5.95. The first kappa shape index (κ1) is 13.7. The molecule has 17 heavy (non-hydrogen) atoms. The maximum atomic E-state index is 11.5. The van der Waals surface area contributed by atoms with E-state index in [1.807, 2.05) is 0 Å². The number of benzene rings is 1. The SMILES string of the molecule is CCS(=O)(=O)c1ccc(NC(=O)CCO)cc1. The standard InChI is InChI=1S/C11H15NO4S/c1-2-17(15,16)10-5-3-9(4-6-10)12-11(14)7-8-13/h3-6,13H,2,7-8H2,1H3,(H,12,14). The van der Waals surface area contributed by atoms with Gasteiger partial charge in [-0.2, -0.15) is 0 Å². The van der Waals surface area contributed by atoms with Crippen LogP contribution in [-0.4, -0.2) is 31.8 Å². The first-order valence-electron chi connectivity index (χ1n) is 5.23. The average Bonchev–Trinajstić information content (AvgIpc) is 2.30. The molecule has 0 saturated heterocycles. The maximum Gasteiger partial charge on any atom is 0.226 e. The van der Waals surface area contributed by atoms with Crippen LogP contribution >= 0.6 is 0 Å². The lowest BCUT2D eigenvalue weighted by atomic mass is 10.3. The highest BCUT2D eigenvalue weighted by atomic mass is 32.2. The predicted octanol–water partition coefficient (Wildman–Crippen LogP) is 0.801. The molecule has 0 unspecified atom stereocenters. The summed E-state index contributed by atoms with van der Waals surface area (Å²) in [6.45, 7) is 1.36. The van der Waals surface area contributed by atoms with Gasteiger partial charge < -0.3 is 10.4 Å². The molecule has 6 heteroatoms. The van der Waals surface area contributed by atoms with E-state index in [-0.39, 0.29) is 29.6 Å². The zero-order chi connectivity index (χ0) is 12.9. The van der Waals surface area contributed by atoms with Crippen molar-refractivity contribution in [2.75, 3.05) is 17.7 Å². The predicted molar refractivity (Wildman–Crippen MR) is 64.5 cm³/mol. The number of carbonyl (C=O) groups excluding carboxylic acids is 1. The first-order valence-corrected chi connectivity index (χ1v) is 6.88. The number of nitrogens with one attached hydrogen (secondary N) is 1. The molecule has 0 aromatic heterocycles. The molecular weight excluding hydrogens is 242 g/mol. The van der Waals surface area contributed by atoms with Gasteiger partial charge in [-0.15, -0.1) is 0 Å². The molecule has 0 bridgehead atoms. The summed E-state index contributed by atoms with van der Waals surface area (Å²) in [5, 5.41) is 11.1. The number of carbonyl (C=O) groups is 1. The van der Waals surface area contributed by atoms with Crippen molar-refractivity contribution < 1.29 is 18.3 Å². The van der Waals surface area contributed by atoms with E-state index in [4.69, 9.17) is 5.11 Å². The first-order chi connectivity index (χ1) is 7.99. The van der Waals surface area contributed by atoms with Crippen LogP contribution in [0.4, 0.5) is 5.69 Å². The molecular formula is C11H15NO4S. The van der Waals surface area contributed by atoms with Crippen LogP contribution in [0.25, 0.3) is 0 Å². The van der Waals surface area contributed by atoms with Gasteiger partial charge in [-0.05, 0) is 24.3 Å². The van der Waals surface area contributed by atoms with Crippen LogP contribution in [0.15, 0.2) is 29.2 Å². The Balaban J connectivity index is 2.79. The molecule has 0 spiro atoms. The molecule has 0 heterocycles. The van der Waals surface area contributed by atoms with E-state index in [0.717, 1.165) is 0 Å². The van der Waals surface area contributed by atoms with Gasteiger partial charge in [0.25, 0.3) is 0 Å². The highest BCUT2D eigenvalue weighted by Crippen LogP contribution is 2.15. The Kier molecular flexibility index (Phi) is 4.65. The monoisotopic (exact) mass is 257 g/mol. The van der Waals surface area contributed by atoms with Crippen LogP contribution in [0.3, 0.4) is 0 Å². The highest BCUT2D eigenvalue weighted by Gasteiger charge is 2.11. The fraction of sp³-hybridized carbons (Fsp3) is 0.364. The molecule has 0 aliphatic rings. The lowest BCUT2D eigenvalue weighted by molar-refractivity contribution is -0.116. The summed E-state index contributed by atoms with van der Waals surface area (Å²) < 4.78 is 23.0. The summed E-state index contributed by atoms with van der Waals surface area (Å²) in [6.07, 6.45) is 0.0228. The molecule has 0 aliphatic heterocycles. The highest BCUT2D eigenvalue weighted by molar-refractivity contribution is 7.91. The van der Waals surface area contributed by atoms with Gasteiger partial charge in [-0.3, -0.25) is 4.79 Å². The van der Waals surface area contributed by atoms with Crippen molar-refractivity contribution in [2.24, 2.45) is 0 Å². The van der Waals surface area contributed by atoms with E-state index < -0.39 is 9.84 Å². The van der Waals surface area contributed by atoms with E-state index in [1.165, 1.54) is 24.3 Å². The third-order valence-corrected chi connectivity index (χ3v) is 3.97. The maximum absolute atomic E-state index is 11.5. The van der Waals surface area contributed by atoms with Crippen molar-refractivity contribution in [3.8, 4) is 0 Å². The zero-order valence-corrected chi connectivity index (χ0v) is 10.3. The molecule has 1 aromatic rings. The lowest BCUT2D eigenvalue weighted by Gasteiger charge is -2.05. The minimum atomic E-state index is -3.21. The second-order valence-corrected chi connectivity index (χ2v) is 5.73. The van der Waals surface area contributed by atoms with Crippen molar-refractivity contribution in [3.05, 3.63) is 24.3 Å². The van der Waals surface area contributed by atoms with Gasteiger partial charge in [-0.25, -0.2) is 8.42 Å². The molecule has 0 atom stereocenters. The topological polar surface area (TPSA) is 83.5 Å². The average molecular weight is 257 g/mol. The second kappa shape index (κ2) is 5.79. The summed E-state index contributed by atoms with van der Waals surface area (Å²) in [5.41, 5.74) is 0.513. The zero-order valence-electron chi connectivity index (χ0n) is 9.51. The van der Waals surface area contributed by atoms with Crippen LogP contribution < -0.4 is 5.32 Å². The van der Waals surface area contributed by atoms with Crippen LogP contribution in [0.1, 0.15) is 13.3 Å². The quantitative estimate of drug-likeness (QED) is 0.817. The van der Waals surface area contributed by atoms with Crippen LogP contribution in [0.5, 0.6) is 0 Å². The molecule has 5 nitrogen and oxygen atoms in total. The number of sulfone groups is 1. The van der Waals surface area contributed by atoms with Gasteiger partial charge in [0.15, 0.2) is 9.84 Å². The molecule has 2 N–H and O–H groups in total. The number of aliphatic hydroxyl groups excluding tert-OH is 1. The van der Waals surface area contributed by atoms with E-state index in [0.29, 0.717) is 5.69 Å². The Morgan fingerprint density at radius 3 is 2.35 bits per heavy atom. The Bertz CT molecular complexity index is 479. The van der Waals surface area contributed by atoms with Crippen molar-refractivity contribution in [3.63, 3.8) is 0 Å². The summed E-state index contributed by atoms with van der Waals surface area (Å²) in [4.78, 5) is 11.4. The summed E-state index contributed by atoms with van der Waals surface area (Å²) in [7, 11) is -3.21. The Hall–Kier alpha value is -1.40. The minimum Gasteiger partial charge on any atom is -0.396 e. The van der Waals surface area contributed by atoms with Crippen molar-refractivity contribution >= 4 is 21.4 Å². The van der Waals surface area contributed by atoms with E-state index in [9.17, 15) is 13.2 Å². The van der Waals surface area contributed by atoms with Gasteiger partial charge in [0.1, 0.15) is 0 Å². The molecule has 1 aromatic carbocycles. The molecule has 1 amide bonds. The number of rotatable bonds is 5. The van der Waals surface area contributed by atoms with Gasteiger partial charge in [0, 0.05) is 5.69 Å². The number of hydrogen-bond donors (Lipinski definition) is 2. The second-order valence-electron chi connectivity index (χ2n) is 3.45. The van der Waals surface area contributed by atoms with Crippen molar-refractivity contribution in [1.82, 2.24) is 0 Å². The Labute approximate surface area is 100 Å². The molecule has 0 saturated carbocycles. The van der Waals surface area contributed by atoms with Gasteiger partial charge >= 0.3 is 0 Å². The number of amides is 1. The fourth-order valence-corrected chi connectivity index (χ4v) is 2.12. The van der Waals surface area contributed by atoms with Gasteiger partial charge in [0.05, 0.1) is 23.7 Å². The molecule has 0 radical (unpaired) electrons. The number of anilines is 1. The molecule has 0 fully saturated rings. The van der Waals surface area contributed by atoms with Crippen LogP contribution in [-0.2, 0) is 14.6 Å². The van der Waals surface area contributed by atoms with Gasteiger partial charge in [-0.1, -0.05) is 6.92 Å². The van der Waals surface area contributed by atoms with E-state index in [1.54, 1.807) is 6.92 Å². The third-order valence-electron chi connectivity index (χ3n) is 2.22. The molecule has 94 valence electrons. The normalized spacial score (nSPS) is 11.2. The fourth-order valence-electron chi connectivity index (χ4n) is 1.24. The van der Waals surface area contributed by atoms with Crippen molar-refractivity contribution in [2.45, 2.75) is 18.2 Å². The minimum absolute atomic E-state index is 0.0228. The Morgan fingerprint density at radius 2 is 1.88 bits per heavy atom. The smallest absolute Gasteiger partial charge is 0.226 e. The van der Waals surface area contributed by atoms with Crippen LogP contribution in [0, 0.1) is 0 Å². The Morgan fingerprint density at radius 1 is 1.29 bits per heavy atom. The van der Waals surface area contributed by atoms with E-state index >= 15 is 0 Å².